The van der Waals surface area contributed by atoms with Gasteiger partial charge in [-0.05, 0) is 55.9 Å². The Morgan fingerprint density at radius 2 is 1.16 bits per heavy atom. The van der Waals surface area contributed by atoms with Crippen LogP contribution in [0.15, 0.2) is 115 Å². The van der Waals surface area contributed by atoms with Gasteiger partial charge < -0.3 is 0 Å². The third-order valence-electron chi connectivity index (χ3n) is 7.88. The van der Waals surface area contributed by atoms with Crippen molar-refractivity contribution >= 4 is 48.9 Å². The summed E-state index contributed by atoms with van der Waals surface area (Å²) in [5.74, 6) is 1.12. The molecule has 0 bridgehead atoms. The molecular weight excluding hydrogens is 448 g/mol. The van der Waals surface area contributed by atoms with Crippen molar-refractivity contribution in [1.82, 2.24) is 9.38 Å². The third kappa shape index (κ3) is 2.73. The van der Waals surface area contributed by atoms with Crippen LogP contribution in [0, 0.1) is 0 Å². The lowest BCUT2D eigenvalue weighted by atomic mass is 9.85. The maximum absolute atomic E-state index is 4.95. The van der Waals surface area contributed by atoms with E-state index in [1.54, 1.807) is 0 Å². The molecular formula is C35H24N2. The zero-order valence-corrected chi connectivity index (χ0v) is 20.6. The molecule has 8 rings (SSSR count). The van der Waals surface area contributed by atoms with Gasteiger partial charge in [0, 0.05) is 17.2 Å². The minimum atomic E-state index is 0.898. The normalized spacial score (nSPS) is 12.0. The van der Waals surface area contributed by atoms with Crippen LogP contribution < -0.4 is 0 Å². The molecule has 0 aliphatic heterocycles. The summed E-state index contributed by atoms with van der Waals surface area (Å²) in [6, 6.07) is 41.9. The van der Waals surface area contributed by atoms with Crippen LogP contribution in [-0.2, 0) is 6.42 Å². The fourth-order valence-electron chi connectivity index (χ4n) is 6.43. The van der Waals surface area contributed by atoms with Gasteiger partial charge in [0.25, 0.3) is 0 Å². The maximum atomic E-state index is 4.95. The number of fused-ring (bicyclic) bond motifs is 5. The molecule has 2 heteroatoms. The van der Waals surface area contributed by atoms with Crippen molar-refractivity contribution in [3.63, 3.8) is 0 Å². The zero-order chi connectivity index (χ0) is 24.5. The van der Waals surface area contributed by atoms with Gasteiger partial charge in [0.05, 0.1) is 16.6 Å². The Bertz CT molecular complexity index is 2060. The highest BCUT2D eigenvalue weighted by Crippen LogP contribution is 2.47. The molecule has 2 aromatic heterocycles. The van der Waals surface area contributed by atoms with E-state index in [2.05, 4.69) is 127 Å². The van der Waals surface area contributed by atoms with Gasteiger partial charge >= 0.3 is 0 Å². The molecule has 0 saturated carbocycles. The average Bonchev–Trinajstić information content (AvgIpc) is 3.51. The number of rotatable bonds is 3. The highest BCUT2D eigenvalue weighted by Gasteiger charge is 2.22. The molecule has 0 amide bonds. The summed E-state index contributed by atoms with van der Waals surface area (Å²) in [5.41, 5.74) is 8.67. The van der Waals surface area contributed by atoms with Crippen molar-refractivity contribution in [3.05, 3.63) is 121 Å². The first-order chi connectivity index (χ1) is 18.3. The summed E-state index contributed by atoms with van der Waals surface area (Å²) in [6.07, 6.45) is 0.898. The second kappa shape index (κ2) is 7.65. The molecule has 0 unspecified atom stereocenters. The Hall–Kier alpha value is -4.69. The molecule has 0 saturated heterocycles. The number of hydrogen-bond acceptors (Lipinski definition) is 1. The van der Waals surface area contributed by atoms with Crippen LogP contribution in [0.2, 0.25) is 0 Å². The minimum absolute atomic E-state index is 0.898. The predicted octanol–water partition coefficient (Wildman–Crippen LogP) is 9.28. The van der Waals surface area contributed by atoms with Crippen LogP contribution in [0.4, 0.5) is 0 Å². The van der Waals surface area contributed by atoms with Crippen LogP contribution in [0.5, 0.6) is 0 Å². The van der Waals surface area contributed by atoms with Crippen molar-refractivity contribution in [2.75, 3.05) is 0 Å². The molecule has 6 aromatic carbocycles. The zero-order valence-electron chi connectivity index (χ0n) is 20.6. The molecule has 8 aromatic rings. The van der Waals surface area contributed by atoms with E-state index in [0.717, 1.165) is 17.8 Å². The Morgan fingerprint density at radius 3 is 1.84 bits per heavy atom. The molecule has 0 fully saturated rings. The highest BCUT2D eigenvalue weighted by atomic mass is 15.0. The molecule has 0 aliphatic carbocycles. The van der Waals surface area contributed by atoms with Crippen molar-refractivity contribution in [2.24, 2.45) is 0 Å². The lowest BCUT2D eigenvalue weighted by molar-refractivity contribution is 0.961. The van der Waals surface area contributed by atoms with Crippen molar-refractivity contribution in [2.45, 2.75) is 13.3 Å². The maximum Gasteiger partial charge on any atom is 0.114 e. The van der Waals surface area contributed by atoms with Gasteiger partial charge in [-0.2, -0.15) is 0 Å². The van der Waals surface area contributed by atoms with Gasteiger partial charge in [0.1, 0.15) is 5.82 Å². The first kappa shape index (κ1) is 20.5. The van der Waals surface area contributed by atoms with Crippen LogP contribution in [-0.4, -0.2) is 9.38 Å². The molecule has 2 heterocycles. The lowest BCUT2D eigenvalue weighted by Gasteiger charge is -2.18. The molecule has 174 valence electrons. The second-order valence-corrected chi connectivity index (χ2v) is 9.80. The fourth-order valence-corrected chi connectivity index (χ4v) is 6.43. The van der Waals surface area contributed by atoms with Gasteiger partial charge in [-0.25, -0.2) is 4.98 Å². The smallest absolute Gasteiger partial charge is 0.114 e. The summed E-state index contributed by atoms with van der Waals surface area (Å²) < 4.78 is 2.38. The standard InChI is InChI=1S/C35H24N2/c1-2-31-36-29-20-10-19-28-34-27(18-11-21-30(34)37(31)35(28)29)33-25-16-8-6-14-23(25)32(22-12-4-3-5-13-22)24-15-7-9-17-26(24)33/h3-21H,2H2,1H3. The number of nitrogens with zero attached hydrogens (tertiary/aromatic N) is 2. The molecule has 0 N–H and O–H groups in total. The average molecular weight is 473 g/mol. The quantitative estimate of drug-likeness (QED) is 0.234. The van der Waals surface area contributed by atoms with Crippen molar-refractivity contribution in [1.29, 1.82) is 0 Å². The Morgan fingerprint density at radius 1 is 0.568 bits per heavy atom. The van der Waals surface area contributed by atoms with Crippen LogP contribution in [0.3, 0.4) is 0 Å². The van der Waals surface area contributed by atoms with E-state index >= 15 is 0 Å². The fraction of sp³-hybridized carbons (Fsp3) is 0.0571. The van der Waals surface area contributed by atoms with Gasteiger partial charge in [-0.3, -0.25) is 4.40 Å². The largest absolute Gasteiger partial charge is 0.295 e. The van der Waals surface area contributed by atoms with Gasteiger partial charge in [0.15, 0.2) is 0 Å². The highest BCUT2D eigenvalue weighted by molar-refractivity contribution is 6.27. The summed E-state index contributed by atoms with van der Waals surface area (Å²) in [7, 11) is 0. The summed E-state index contributed by atoms with van der Waals surface area (Å²) in [4.78, 5) is 4.95. The first-order valence-corrected chi connectivity index (χ1v) is 13.0. The minimum Gasteiger partial charge on any atom is -0.295 e. The van der Waals surface area contributed by atoms with Gasteiger partial charge in [0.2, 0.25) is 0 Å². The number of para-hydroxylation sites is 1. The molecule has 0 spiro atoms. The molecule has 0 atom stereocenters. The van der Waals surface area contributed by atoms with E-state index in [4.69, 9.17) is 4.98 Å². The monoisotopic (exact) mass is 472 g/mol. The number of hydrogen-bond donors (Lipinski definition) is 0. The lowest BCUT2D eigenvalue weighted by Crippen LogP contribution is -1.92. The summed E-state index contributed by atoms with van der Waals surface area (Å²) >= 11 is 0. The van der Waals surface area contributed by atoms with E-state index in [-0.39, 0.29) is 0 Å². The second-order valence-electron chi connectivity index (χ2n) is 9.80. The Balaban J connectivity index is 1.60. The van der Waals surface area contributed by atoms with E-state index in [0.29, 0.717) is 0 Å². The topological polar surface area (TPSA) is 17.3 Å². The number of benzene rings is 6. The Kier molecular flexibility index (Phi) is 4.24. The number of aromatic nitrogens is 2. The third-order valence-corrected chi connectivity index (χ3v) is 7.88. The van der Waals surface area contributed by atoms with Crippen LogP contribution in [0.25, 0.3) is 71.1 Å². The molecule has 0 radical (unpaired) electrons. The summed E-state index contributed by atoms with van der Waals surface area (Å²) in [6.45, 7) is 2.19. The van der Waals surface area contributed by atoms with E-state index in [9.17, 15) is 0 Å². The van der Waals surface area contributed by atoms with Gasteiger partial charge in [-0.1, -0.05) is 110 Å². The van der Waals surface area contributed by atoms with Crippen LogP contribution in [0.1, 0.15) is 12.7 Å². The van der Waals surface area contributed by atoms with E-state index < -0.39 is 0 Å². The van der Waals surface area contributed by atoms with E-state index in [1.807, 2.05) is 0 Å². The van der Waals surface area contributed by atoms with Crippen molar-refractivity contribution in [3.8, 4) is 22.3 Å². The molecule has 0 aliphatic rings. The number of aryl methyl sites for hydroxylation is 1. The number of imidazole rings is 1. The molecule has 2 nitrogen and oxygen atoms in total. The summed E-state index contributed by atoms with van der Waals surface area (Å²) in [5, 5.41) is 7.72. The van der Waals surface area contributed by atoms with Crippen LogP contribution >= 0.6 is 0 Å². The predicted molar refractivity (Wildman–Crippen MR) is 157 cm³/mol. The Labute approximate surface area is 214 Å². The van der Waals surface area contributed by atoms with Crippen molar-refractivity contribution < 1.29 is 0 Å². The molecule has 37 heavy (non-hydrogen) atoms. The SMILES string of the molecule is CCc1nc2cccc3c4c(-c5c6ccccc6c(-c6ccccc6)c6ccccc56)cccc4n1c23. The van der Waals surface area contributed by atoms with Gasteiger partial charge in [-0.15, -0.1) is 0 Å². The first-order valence-electron chi connectivity index (χ1n) is 13.0. The van der Waals surface area contributed by atoms with E-state index in [1.165, 1.54) is 65.6 Å².